The maximum atomic E-state index is 13.1. The SMILES string of the molecule is CCN(CC)C(C(=O)Nc1cccc(NC(=O)C(C)(C)C)c1)c1ccccc1. The standard InChI is InChI=1S/C23H31N3O2/c1-6-26(7-2)20(17-12-9-8-10-13-17)21(27)24-18-14-11-15-19(16-18)25-22(28)23(3,4)5/h8-16,20H,6-7H2,1-5H3,(H,24,27)(H,25,28). The molecule has 2 N–H and O–H groups in total. The molecule has 0 saturated heterocycles. The van der Waals surface area contributed by atoms with Crippen molar-refractivity contribution in [3.05, 3.63) is 60.2 Å². The minimum atomic E-state index is -0.486. The lowest BCUT2D eigenvalue weighted by Crippen LogP contribution is -2.37. The molecule has 1 unspecified atom stereocenters. The molecule has 5 nitrogen and oxygen atoms in total. The van der Waals surface area contributed by atoms with Crippen LogP contribution in [0, 0.1) is 5.41 Å². The predicted molar refractivity (Wildman–Crippen MR) is 115 cm³/mol. The van der Waals surface area contributed by atoms with E-state index in [0.29, 0.717) is 11.4 Å². The number of nitrogens with zero attached hydrogens (tertiary/aromatic N) is 1. The predicted octanol–water partition coefficient (Wildman–Crippen LogP) is 4.69. The highest BCUT2D eigenvalue weighted by Crippen LogP contribution is 2.24. The van der Waals surface area contributed by atoms with E-state index in [1.54, 1.807) is 6.07 Å². The highest BCUT2D eigenvalue weighted by molar-refractivity contribution is 5.98. The van der Waals surface area contributed by atoms with E-state index in [4.69, 9.17) is 0 Å². The van der Waals surface area contributed by atoms with Crippen molar-refractivity contribution in [1.82, 2.24) is 4.90 Å². The van der Waals surface area contributed by atoms with Gasteiger partial charge in [-0.2, -0.15) is 0 Å². The first kappa shape index (κ1) is 21.6. The van der Waals surface area contributed by atoms with Crippen molar-refractivity contribution in [3.8, 4) is 0 Å². The molecule has 0 radical (unpaired) electrons. The molecule has 2 aromatic carbocycles. The summed E-state index contributed by atoms with van der Waals surface area (Å²) < 4.78 is 0. The molecule has 0 fully saturated rings. The summed E-state index contributed by atoms with van der Waals surface area (Å²) in [6.45, 7) is 11.2. The molecular formula is C23H31N3O2. The summed E-state index contributed by atoms with van der Waals surface area (Å²) in [6, 6.07) is 16.7. The lowest BCUT2D eigenvalue weighted by atomic mass is 9.95. The molecule has 2 aromatic rings. The normalized spacial score (nSPS) is 12.5. The quantitative estimate of drug-likeness (QED) is 0.731. The number of carbonyl (C=O) groups is 2. The lowest BCUT2D eigenvalue weighted by Gasteiger charge is -2.29. The smallest absolute Gasteiger partial charge is 0.246 e. The van der Waals surface area contributed by atoms with Crippen LogP contribution in [0.5, 0.6) is 0 Å². The second-order valence-corrected chi connectivity index (χ2v) is 7.81. The number of amides is 2. The molecule has 0 aliphatic carbocycles. The molecular weight excluding hydrogens is 350 g/mol. The Hall–Kier alpha value is -2.66. The zero-order valence-corrected chi connectivity index (χ0v) is 17.5. The first-order valence-corrected chi connectivity index (χ1v) is 9.77. The third-order valence-electron chi connectivity index (χ3n) is 4.61. The van der Waals surface area contributed by atoms with Gasteiger partial charge in [0.25, 0.3) is 0 Å². The number of likely N-dealkylation sites (N-methyl/N-ethyl adjacent to an activating group) is 1. The lowest BCUT2D eigenvalue weighted by molar-refractivity contribution is -0.123. The Bertz CT molecular complexity index is 793. The van der Waals surface area contributed by atoms with Crippen LogP contribution >= 0.6 is 0 Å². The van der Waals surface area contributed by atoms with Gasteiger partial charge in [0.05, 0.1) is 0 Å². The van der Waals surface area contributed by atoms with E-state index in [-0.39, 0.29) is 17.9 Å². The number of nitrogens with one attached hydrogen (secondary N) is 2. The summed E-state index contributed by atoms with van der Waals surface area (Å²) in [7, 11) is 0. The third kappa shape index (κ3) is 5.67. The number of carbonyl (C=O) groups excluding carboxylic acids is 2. The number of hydrogen-bond acceptors (Lipinski definition) is 3. The van der Waals surface area contributed by atoms with Crippen LogP contribution in [0.2, 0.25) is 0 Å². The van der Waals surface area contributed by atoms with Gasteiger partial charge in [-0.15, -0.1) is 0 Å². The number of benzene rings is 2. The number of anilines is 2. The van der Waals surface area contributed by atoms with Gasteiger partial charge in [0.15, 0.2) is 0 Å². The Kier molecular flexibility index (Phi) is 7.35. The monoisotopic (exact) mass is 381 g/mol. The van der Waals surface area contributed by atoms with E-state index in [0.717, 1.165) is 18.7 Å². The van der Waals surface area contributed by atoms with Crippen molar-refractivity contribution in [2.45, 2.75) is 40.7 Å². The van der Waals surface area contributed by atoms with Gasteiger partial charge in [-0.25, -0.2) is 0 Å². The fourth-order valence-electron chi connectivity index (χ4n) is 2.96. The second-order valence-electron chi connectivity index (χ2n) is 7.81. The van der Waals surface area contributed by atoms with Crippen LogP contribution in [-0.4, -0.2) is 29.8 Å². The summed E-state index contributed by atoms with van der Waals surface area (Å²) in [4.78, 5) is 27.5. The topological polar surface area (TPSA) is 61.4 Å². The zero-order valence-electron chi connectivity index (χ0n) is 17.5. The molecule has 0 spiro atoms. The van der Waals surface area contributed by atoms with Crippen molar-refractivity contribution < 1.29 is 9.59 Å². The van der Waals surface area contributed by atoms with E-state index in [1.165, 1.54) is 0 Å². The van der Waals surface area contributed by atoms with E-state index < -0.39 is 5.41 Å². The average Bonchev–Trinajstić information content (AvgIpc) is 2.66. The highest BCUT2D eigenvalue weighted by atomic mass is 16.2. The molecule has 0 heterocycles. The molecule has 1 atom stereocenters. The number of rotatable bonds is 7. The molecule has 0 aliphatic rings. The Labute approximate surface area is 168 Å². The first-order valence-electron chi connectivity index (χ1n) is 9.77. The molecule has 0 aliphatic heterocycles. The Morgan fingerprint density at radius 3 is 2.00 bits per heavy atom. The summed E-state index contributed by atoms with van der Waals surface area (Å²) in [5.41, 5.74) is 1.79. The van der Waals surface area contributed by atoms with Crippen LogP contribution in [0.1, 0.15) is 46.2 Å². The molecule has 5 heteroatoms. The molecule has 0 bridgehead atoms. The summed E-state index contributed by atoms with van der Waals surface area (Å²) in [5.74, 6) is -0.157. The van der Waals surface area contributed by atoms with Gasteiger partial charge in [0.1, 0.15) is 6.04 Å². The molecule has 2 amide bonds. The van der Waals surface area contributed by atoms with E-state index in [1.807, 2.05) is 69.3 Å². The second kappa shape index (κ2) is 9.51. The van der Waals surface area contributed by atoms with Crippen LogP contribution in [0.3, 0.4) is 0 Å². The van der Waals surface area contributed by atoms with Gasteiger partial charge in [0.2, 0.25) is 11.8 Å². The van der Waals surface area contributed by atoms with Crippen molar-refractivity contribution in [2.75, 3.05) is 23.7 Å². The maximum Gasteiger partial charge on any atom is 0.246 e. The Morgan fingerprint density at radius 1 is 0.893 bits per heavy atom. The molecule has 150 valence electrons. The van der Waals surface area contributed by atoms with E-state index in [9.17, 15) is 9.59 Å². The van der Waals surface area contributed by atoms with Gasteiger partial charge in [-0.1, -0.05) is 71.0 Å². The minimum absolute atomic E-state index is 0.0683. The molecule has 0 aromatic heterocycles. The van der Waals surface area contributed by atoms with Crippen molar-refractivity contribution >= 4 is 23.2 Å². The van der Waals surface area contributed by atoms with Gasteiger partial charge >= 0.3 is 0 Å². The minimum Gasteiger partial charge on any atom is -0.326 e. The largest absolute Gasteiger partial charge is 0.326 e. The average molecular weight is 382 g/mol. The Morgan fingerprint density at radius 2 is 1.46 bits per heavy atom. The van der Waals surface area contributed by atoms with Crippen LogP contribution in [0.4, 0.5) is 11.4 Å². The fraction of sp³-hybridized carbons (Fsp3) is 0.391. The van der Waals surface area contributed by atoms with E-state index in [2.05, 4.69) is 29.4 Å². The number of hydrogen-bond donors (Lipinski definition) is 2. The molecule has 2 rings (SSSR count). The van der Waals surface area contributed by atoms with Crippen LogP contribution in [-0.2, 0) is 9.59 Å². The van der Waals surface area contributed by atoms with Gasteiger partial charge in [0, 0.05) is 16.8 Å². The van der Waals surface area contributed by atoms with Crippen molar-refractivity contribution in [3.63, 3.8) is 0 Å². The molecule has 28 heavy (non-hydrogen) atoms. The zero-order chi connectivity index (χ0) is 20.7. The van der Waals surface area contributed by atoms with Gasteiger partial charge in [-0.05, 0) is 36.9 Å². The van der Waals surface area contributed by atoms with Crippen LogP contribution in [0.25, 0.3) is 0 Å². The van der Waals surface area contributed by atoms with Crippen LogP contribution in [0.15, 0.2) is 54.6 Å². The molecule has 0 saturated carbocycles. The van der Waals surface area contributed by atoms with Crippen LogP contribution < -0.4 is 10.6 Å². The first-order chi connectivity index (χ1) is 13.3. The third-order valence-corrected chi connectivity index (χ3v) is 4.61. The summed E-state index contributed by atoms with van der Waals surface area (Å²) in [5, 5.41) is 5.91. The summed E-state index contributed by atoms with van der Waals surface area (Å²) >= 11 is 0. The van der Waals surface area contributed by atoms with Crippen molar-refractivity contribution in [1.29, 1.82) is 0 Å². The fourth-order valence-corrected chi connectivity index (χ4v) is 2.96. The highest BCUT2D eigenvalue weighted by Gasteiger charge is 2.26. The summed E-state index contributed by atoms with van der Waals surface area (Å²) in [6.07, 6.45) is 0. The van der Waals surface area contributed by atoms with Crippen molar-refractivity contribution in [2.24, 2.45) is 5.41 Å². The van der Waals surface area contributed by atoms with Gasteiger partial charge < -0.3 is 10.6 Å². The van der Waals surface area contributed by atoms with E-state index >= 15 is 0 Å². The maximum absolute atomic E-state index is 13.1. The Balaban J connectivity index is 2.21. The van der Waals surface area contributed by atoms with Gasteiger partial charge in [-0.3, -0.25) is 14.5 Å².